The van der Waals surface area contributed by atoms with Crippen LogP contribution in [0.2, 0.25) is 0 Å². The Morgan fingerprint density at radius 1 is 0.880 bits per heavy atom. The molecule has 0 heterocycles. The molecule has 0 aromatic carbocycles. The Kier molecular flexibility index (Phi) is 8.65. The molecule has 0 aromatic heterocycles. The third-order valence-corrected chi connectivity index (χ3v) is 4.37. The van der Waals surface area contributed by atoms with E-state index >= 15 is 0 Å². The van der Waals surface area contributed by atoms with Gasteiger partial charge in [0.2, 0.25) is 0 Å². The fraction of sp³-hybridized carbons (Fsp3) is 0.857. The van der Waals surface area contributed by atoms with Gasteiger partial charge in [-0.3, -0.25) is 20.2 Å². The lowest BCUT2D eigenvalue weighted by molar-refractivity contribution is -0.140. The zero-order valence-electron chi connectivity index (χ0n) is 13.5. The first-order valence-corrected chi connectivity index (χ1v) is 7.92. The van der Waals surface area contributed by atoms with Crippen LogP contribution in [-0.2, 0) is 9.59 Å². The highest BCUT2D eigenvalue weighted by molar-refractivity contribution is 5.69. The van der Waals surface area contributed by atoms with E-state index in [1.807, 2.05) is 0 Å². The molecular formula is C14H26N2O9. The molecule has 0 radical (unpaired) electrons. The molecule has 0 amide bonds. The third kappa shape index (κ3) is 6.15. The van der Waals surface area contributed by atoms with E-state index in [9.17, 15) is 30.0 Å². The second kappa shape index (κ2) is 9.97. The average molecular weight is 366 g/mol. The maximum absolute atomic E-state index is 10.7. The van der Waals surface area contributed by atoms with E-state index in [0.717, 1.165) is 0 Å². The summed E-state index contributed by atoms with van der Waals surface area (Å²) in [6, 6.07) is -2.25. The topological polar surface area (TPSA) is 200 Å². The minimum absolute atomic E-state index is 0.0582. The highest BCUT2D eigenvalue weighted by Gasteiger charge is 2.48. The molecule has 1 rings (SSSR count). The minimum atomic E-state index is -1.44. The van der Waals surface area contributed by atoms with Crippen LogP contribution in [0.15, 0.2) is 0 Å². The number of nitrogens with one attached hydrogen (secondary N) is 2. The van der Waals surface area contributed by atoms with Gasteiger partial charge in [-0.2, -0.15) is 0 Å². The van der Waals surface area contributed by atoms with E-state index in [0.29, 0.717) is 0 Å². The van der Waals surface area contributed by atoms with Gasteiger partial charge in [0, 0.05) is 5.92 Å². The van der Waals surface area contributed by atoms with Gasteiger partial charge in [-0.05, 0) is 12.8 Å². The molecule has 25 heavy (non-hydrogen) atoms. The largest absolute Gasteiger partial charge is 0.480 e. The molecule has 0 saturated heterocycles. The predicted octanol–water partition coefficient (Wildman–Crippen LogP) is -4.08. The Morgan fingerprint density at radius 2 is 1.32 bits per heavy atom. The number of hydrogen-bond donors (Lipinski definition) is 9. The van der Waals surface area contributed by atoms with E-state index in [2.05, 4.69) is 10.6 Å². The van der Waals surface area contributed by atoms with Gasteiger partial charge in [0.15, 0.2) is 0 Å². The van der Waals surface area contributed by atoms with Crippen LogP contribution in [0.3, 0.4) is 0 Å². The predicted molar refractivity (Wildman–Crippen MR) is 82.7 cm³/mol. The zero-order valence-corrected chi connectivity index (χ0v) is 13.5. The number of carboxylic acid groups (broad SMARTS) is 2. The van der Waals surface area contributed by atoms with Crippen LogP contribution in [-0.4, -0.2) is 104 Å². The Morgan fingerprint density at radius 3 is 1.68 bits per heavy atom. The summed E-state index contributed by atoms with van der Waals surface area (Å²) in [5.74, 6) is -3.30. The van der Waals surface area contributed by atoms with Crippen molar-refractivity contribution in [3.63, 3.8) is 0 Å². The van der Waals surface area contributed by atoms with Gasteiger partial charge >= 0.3 is 11.9 Å². The number of carbonyl (C=O) groups is 2. The van der Waals surface area contributed by atoms with Crippen molar-refractivity contribution in [3.8, 4) is 0 Å². The van der Waals surface area contributed by atoms with Crippen molar-refractivity contribution in [1.82, 2.24) is 10.6 Å². The molecule has 1 aliphatic rings. The highest BCUT2D eigenvalue weighted by Crippen LogP contribution is 2.30. The summed E-state index contributed by atoms with van der Waals surface area (Å²) in [7, 11) is 0. The van der Waals surface area contributed by atoms with Crippen molar-refractivity contribution in [2.24, 2.45) is 5.92 Å². The van der Waals surface area contributed by atoms with Gasteiger partial charge in [-0.15, -0.1) is 0 Å². The van der Waals surface area contributed by atoms with E-state index < -0.39 is 74.1 Å². The smallest absolute Gasteiger partial charge is 0.317 e. The quantitative estimate of drug-likeness (QED) is 0.182. The molecule has 0 aliphatic heterocycles. The van der Waals surface area contributed by atoms with Crippen molar-refractivity contribution in [1.29, 1.82) is 0 Å². The van der Waals surface area contributed by atoms with Gasteiger partial charge in [-0.1, -0.05) is 0 Å². The summed E-state index contributed by atoms with van der Waals surface area (Å²) in [5, 5.41) is 71.9. The van der Waals surface area contributed by atoms with Crippen LogP contribution in [0.25, 0.3) is 0 Å². The van der Waals surface area contributed by atoms with Crippen LogP contribution in [0.1, 0.15) is 12.8 Å². The Hall–Kier alpha value is -1.34. The van der Waals surface area contributed by atoms with Crippen LogP contribution in [0.5, 0.6) is 0 Å². The molecule has 146 valence electrons. The molecule has 0 spiro atoms. The normalized spacial score (nSPS) is 33.8. The summed E-state index contributed by atoms with van der Waals surface area (Å²) in [6.45, 7) is -1.60. The fourth-order valence-electron chi connectivity index (χ4n) is 3.07. The first kappa shape index (κ1) is 21.7. The lowest BCUT2D eigenvalue weighted by Gasteiger charge is -2.46. The number of aliphatic hydroxyl groups is 5. The molecule has 11 nitrogen and oxygen atoms in total. The standard InChI is InChI=1S/C14H26N2O9/c17-5-6(18)1-2-7-12(23)10(15-3-8(19)20)14(25)11(13(7)24)16-4-9(21)22/h6-7,10-18,23-25H,1-5H2,(H,19,20)(H,21,22)/t6?,7?,10-,11+,12-,13+,14?. The van der Waals surface area contributed by atoms with Gasteiger partial charge in [0.25, 0.3) is 0 Å². The molecule has 9 N–H and O–H groups in total. The zero-order chi connectivity index (χ0) is 19.1. The average Bonchev–Trinajstić information content (AvgIpc) is 2.53. The SMILES string of the molecule is O=C(O)CN[C@@H]1C(O)[C@H](NCC(=O)O)[C@H](O)C(CCC(O)CO)[C@@H]1O. The Bertz CT molecular complexity index is 418. The lowest BCUT2D eigenvalue weighted by atomic mass is 9.73. The summed E-state index contributed by atoms with van der Waals surface area (Å²) in [4.78, 5) is 21.4. The minimum Gasteiger partial charge on any atom is -0.480 e. The molecule has 0 aromatic rings. The molecule has 0 bridgehead atoms. The Balaban J connectivity index is 2.92. The van der Waals surface area contributed by atoms with Crippen LogP contribution in [0.4, 0.5) is 0 Å². The molecule has 11 heteroatoms. The van der Waals surface area contributed by atoms with Gasteiger partial charge in [0.1, 0.15) is 0 Å². The fourth-order valence-corrected chi connectivity index (χ4v) is 3.07. The molecule has 1 fully saturated rings. The molecule has 7 atom stereocenters. The number of aliphatic hydroxyl groups excluding tert-OH is 5. The van der Waals surface area contributed by atoms with Crippen molar-refractivity contribution >= 4 is 11.9 Å². The molecule has 1 saturated carbocycles. The van der Waals surface area contributed by atoms with Gasteiger partial charge in [0.05, 0.1) is 56.2 Å². The van der Waals surface area contributed by atoms with Crippen molar-refractivity contribution in [2.75, 3.05) is 19.7 Å². The number of hydrogen-bond acceptors (Lipinski definition) is 9. The van der Waals surface area contributed by atoms with Crippen molar-refractivity contribution in [3.05, 3.63) is 0 Å². The Labute approximate surface area is 143 Å². The summed E-state index contributed by atoms with van der Waals surface area (Å²) in [5.41, 5.74) is 0. The van der Waals surface area contributed by atoms with E-state index in [-0.39, 0.29) is 12.8 Å². The van der Waals surface area contributed by atoms with Gasteiger partial charge in [-0.25, -0.2) is 0 Å². The third-order valence-electron chi connectivity index (χ3n) is 4.37. The molecule has 3 unspecified atom stereocenters. The van der Waals surface area contributed by atoms with Crippen molar-refractivity contribution < 1.29 is 45.3 Å². The van der Waals surface area contributed by atoms with Crippen LogP contribution in [0, 0.1) is 5.92 Å². The summed E-state index contributed by atoms with van der Waals surface area (Å²) in [6.07, 6.45) is -5.03. The van der Waals surface area contributed by atoms with Gasteiger partial charge < -0.3 is 35.7 Å². The summed E-state index contributed by atoms with van der Waals surface area (Å²) < 4.78 is 0. The summed E-state index contributed by atoms with van der Waals surface area (Å²) >= 11 is 0. The first-order chi connectivity index (χ1) is 11.7. The van der Waals surface area contributed by atoms with E-state index in [1.54, 1.807) is 0 Å². The van der Waals surface area contributed by atoms with Crippen molar-refractivity contribution in [2.45, 2.75) is 49.3 Å². The maximum atomic E-state index is 10.7. The van der Waals surface area contributed by atoms with Crippen LogP contribution >= 0.6 is 0 Å². The van der Waals surface area contributed by atoms with Crippen LogP contribution < -0.4 is 10.6 Å². The van der Waals surface area contributed by atoms with E-state index in [1.165, 1.54) is 0 Å². The lowest BCUT2D eigenvalue weighted by Crippen LogP contribution is -2.69. The molecular weight excluding hydrogens is 340 g/mol. The second-order valence-corrected chi connectivity index (χ2v) is 6.15. The van der Waals surface area contributed by atoms with E-state index in [4.69, 9.17) is 15.3 Å². The monoisotopic (exact) mass is 366 g/mol. The number of aliphatic carboxylic acids is 2. The number of carboxylic acids is 2. The second-order valence-electron chi connectivity index (χ2n) is 6.15. The maximum Gasteiger partial charge on any atom is 0.317 e. The first-order valence-electron chi connectivity index (χ1n) is 7.92. The highest BCUT2D eigenvalue weighted by atomic mass is 16.4. The number of rotatable bonds is 10. The molecule has 1 aliphatic carbocycles.